The minimum atomic E-state index is -1.11. The van der Waals surface area contributed by atoms with Crippen LogP contribution in [0.4, 0.5) is 0 Å². The lowest BCUT2D eigenvalue weighted by atomic mass is 9.87. The fraction of sp³-hybridized carbons (Fsp3) is 0.647. The zero-order valence-corrected chi connectivity index (χ0v) is 13.5. The van der Waals surface area contributed by atoms with E-state index in [1.807, 2.05) is 44.2 Å². The van der Waals surface area contributed by atoms with Crippen LogP contribution in [0.15, 0.2) is 30.3 Å². The number of aliphatic hydroxyl groups excluding tert-OH is 2. The predicted molar refractivity (Wildman–Crippen MR) is 81.4 cm³/mol. The Morgan fingerprint density at radius 1 is 1.04 bits per heavy atom. The molecular formula is C17H24O6. The van der Waals surface area contributed by atoms with Gasteiger partial charge in [0, 0.05) is 5.92 Å². The molecule has 0 aliphatic carbocycles. The molecule has 0 radical (unpaired) electrons. The molecule has 2 fully saturated rings. The van der Waals surface area contributed by atoms with E-state index < -0.39 is 17.7 Å². The first-order valence-electron chi connectivity index (χ1n) is 7.86. The highest BCUT2D eigenvalue weighted by atomic mass is 16.8. The van der Waals surface area contributed by atoms with Crippen molar-refractivity contribution in [3.8, 4) is 0 Å². The van der Waals surface area contributed by atoms with Gasteiger partial charge in [0.25, 0.3) is 0 Å². The molecule has 3 atom stereocenters. The Morgan fingerprint density at radius 2 is 1.74 bits per heavy atom. The molecule has 2 heterocycles. The predicted octanol–water partition coefficient (Wildman–Crippen LogP) is 1.05. The summed E-state index contributed by atoms with van der Waals surface area (Å²) in [4.78, 5) is 0. The summed E-state index contributed by atoms with van der Waals surface area (Å²) < 4.78 is 23.2. The van der Waals surface area contributed by atoms with Crippen LogP contribution in [-0.2, 0) is 25.6 Å². The van der Waals surface area contributed by atoms with E-state index in [0.717, 1.165) is 5.56 Å². The third-order valence-corrected chi connectivity index (χ3v) is 4.46. The first-order chi connectivity index (χ1) is 11.0. The molecule has 2 aliphatic heterocycles. The van der Waals surface area contributed by atoms with E-state index in [1.54, 1.807) is 0 Å². The Morgan fingerprint density at radius 3 is 2.39 bits per heavy atom. The van der Waals surface area contributed by atoms with Gasteiger partial charge in [-0.2, -0.15) is 0 Å². The summed E-state index contributed by atoms with van der Waals surface area (Å²) in [5.74, 6) is -1.06. The number of hydrogen-bond donors (Lipinski definition) is 2. The quantitative estimate of drug-likeness (QED) is 0.814. The average molecular weight is 324 g/mol. The Balaban J connectivity index is 1.68. The van der Waals surface area contributed by atoms with E-state index in [1.165, 1.54) is 0 Å². The summed E-state index contributed by atoms with van der Waals surface area (Å²) in [7, 11) is 0. The van der Waals surface area contributed by atoms with Crippen molar-refractivity contribution < 1.29 is 29.2 Å². The number of fused-ring (bicyclic) bond motifs is 1. The lowest BCUT2D eigenvalue weighted by Gasteiger charge is -2.33. The number of rotatable bonds is 6. The second-order valence-electron chi connectivity index (χ2n) is 6.57. The van der Waals surface area contributed by atoms with Gasteiger partial charge in [0.1, 0.15) is 11.7 Å². The van der Waals surface area contributed by atoms with Gasteiger partial charge in [0.2, 0.25) is 0 Å². The Hall–Kier alpha value is -1.02. The molecule has 2 unspecified atom stereocenters. The van der Waals surface area contributed by atoms with Crippen LogP contribution in [0.3, 0.4) is 0 Å². The average Bonchev–Trinajstić information content (AvgIpc) is 2.98. The van der Waals surface area contributed by atoms with Crippen molar-refractivity contribution in [2.45, 2.75) is 44.2 Å². The van der Waals surface area contributed by atoms with Gasteiger partial charge < -0.3 is 29.2 Å². The van der Waals surface area contributed by atoms with E-state index >= 15 is 0 Å². The van der Waals surface area contributed by atoms with Gasteiger partial charge in [0.15, 0.2) is 12.1 Å². The second kappa shape index (κ2) is 6.47. The molecule has 1 aromatic carbocycles. The summed E-state index contributed by atoms with van der Waals surface area (Å²) in [5, 5.41) is 19.5. The van der Waals surface area contributed by atoms with E-state index in [-0.39, 0.29) is 25.2 Å². The zero-order chi connectivity index (χ0) is 16.5. The smallest absolute Gasteiger partial charge is 0.188 e. The van der Waals surface area contributed by atoms with Gasteiger partial charge in [-0.3, -0.25) is 0 Å². The lowest BCUT2D eigenvalue weighted by Crippen LogP contribution is -2.48. The summed E-state index contributed by atoms with van der Waals surface area (Å²) in [5.41, 5.74) is -0.0480. The molecule has 1 aromatic rings. The van der Waals surface area contributed by atoms with Gasteiger partial charge in [-0.25, -0.2) is 0 Å². The molecule has 6 nitrogen and oxygen atoms in total. The van der Waals surface area contributed by atoms with Crippen molar-refractivity contribution in [3.05, 3.63) is 35.9 Å². The molecule has 2 N–H and O–H groups in total. The molecular weight excluding hydrogens is 300 g/mol. The van der Waals surface area contributed by atoms with Crippen LogP contribution in [0.25, 0.3) is 0 Å². The standard InChI is InChI=1S/C17H24O6/c1-16(2)21-14-13(9-20-8-12-6-4-3-5-7-12)17(10-18,11-19)23-15(14)22-16/h3-7,13-15,18-19H,8-11H2,1-2H3/t13?,14?,15-/m1/s1. The van der Waals surface area contributed by atoms with E-state index in [2.05, 4.69) is 0 Å². The highest BCUT2D eigenvalue weighted by Gasteiger charge is 2.61. The number of aliphatic hydroxyl groups is 2. The van der Waals surface area contributed by atoms with Crippen molar-refractivity contribution >= 4 is 0 Å². The summed E-state index contributed by atoms with van der Waals surface area (Å²) in [6.45, 7) is 3.75. The molecule has 0 spiro atoms. The van der Waals surface area contributed by atoms with Crippen LogP contribution in [0.5, 0.6) is 0 Å². The molecule has 2 aliphatic rings. The monoisotopic (exact) mass is 324 g/mol. The third kappa shape index (κ3) is 3.28. The van der Waals surface area contributed by atoms with Crippen molar-refractivity contribution in [3.63, 3.8) is 0 Å². The molecule has 128 valence electrons. The minimum absolute atomic E-state index is 0.302. The largest absolute Gasteiger partial charge is 0.393 e. The molecule has 2 saturated heterocycles. The van der Waals surface area contributed by atoms with Crippen molar-refractivity contribution in [2.24, 2.45) is 5.92 Å². The SMILES string of the molecule is CC1(C)OC2C(COCc3ccccc3)C(CO)(CO)O[C@H]2O1. The van der Waals surface area contributed by atoms with Crippen molar-refractivity contribution in [1.82, 2.24) is 0 Å². The molecule has 6 heteroatoms. The third-order valence-electron chi connectivity index (χ3n) is 4.46. The van der Waals surface area contributed by atoms with Gasteiger partial charge in [-0.1, -0.05) is 30.3 Å². The Bertz CT molecular complexity index is 513. The zero-order valence-electron chi connectivity index (χ0n) is 13.5. The van der Waals surface area contributed by atoms with E-state index in [9.17, 15) is 10.2 Å². The number of benzene rings is 1. The number of hydrogen-bond acceptors (Lipinski definition) is 6. The van der Waals surface area contributed by atoms with Crippen LogP contribution >= 0.6 is 0 Å². The van der Waals surface area contributed by atoms with Crippen LogP contribution in [0.2, 0.25) is 0 Å². The topological polar surface area (TPSA) is 77.4 Å². The van der Waals surface area contributed by atoms with Crippen molar-refractivity contribution in [1.29, 1.82) is 0 Å². The normalized spacial score (nSPS) is 31.2. The maximum Gasteiger partial charge on any atom is 0.188 e. The summed E-state index contributed by atoms with van der Waals surface area (Å²) >= 11 is 0. The molecule has 0 saturated carbocycles. The first kappa shape index (κ1) is 16.8. The molecule has 0 aromatic heterocycles. The highest BCUT2D eigenvalue weighted by Crippen LogP contribution is 2.45. The van der Waals surface area contributed by atoms with Gasteiger partial charge in [0.05, 0.1) is 26.4 Å². The van der Waals surface area contributed by atoms with Gasteiger partial charge >= 0.3 is 0 Å². The molecule has 0 bridgehead atoms. The van der Waals surface area contributed by atoms with Crippen LogP contribution in [0.1, 0.15) is 19.4 Å². The Labute approximate surface area is 135 Å². The van der Waals surface area contributed by atoms with E-state index in [4.69, 9.17) is 18.9 Å². The van der Waals surface area contributed by atoms with Gasteiger partial charge in [-0.15, -0.1) is 0 Å². The fourth-order valence-corrected chi connectivity index (χ4v) is 3.22. The van der Waals surface area contributed by atoms with Crippen molar-refractivity contribution in [2.75, 3.05) is 19.8 Å². The van der Waals surface area contributed by atoms with Gasteiger partial charge in [-0.05, 0) is 19.4 Å². The fourth-order valence-electron chi connectivity index (χ4n) is 3.22. The summed E-state index contributed by atoms with van der Waals surface area (Å²) in [6, 6.07) is 9.83. The molecule has 0 amide bonds. The Kier molecular flexibility index (Phi) is 4.73. The van der Waals surface area contributed by atoms with E-state index in [0.29, 0.717) is 13.2 Å². The maximum absolute atomic E-state index is 9.74. The maximum atomic E-state index is 9.74. The van der Waals surface area contributed by atoms with Crippen LogP contribution in [0, 0.1) is 5.92 Å². The van der Waals surface area contributed by atoms with Crippen LogP contribution < -0.4 is 0 Å². The second-order valence-corrected chi connectivity index (χ2v) is 6.57. The highest BCUT2D eigenvalue weighted by molar-refractivity contribution is 5.13. The molecule has 3 rings (SSSR count). The number of ether oxygens (including phenoxy) is 4. The van der Waals surface area contributed by atoms with Crippen LogP contribution in [-0.4, -0.2) is 53.8 Å². The first-order valence-corrected chi connectivity index (χ1v) is 7.86. The molecule has 23 heavy (non-hydrogen) atoms. The lowest BCUT2D eigenvalue weighted by molar-refractivity contribution is -0.248. The minimum Gasteiger partial charge on any atom is -0.393 e. The summed E-state index contributed by atoms with van der Waals surface area (Å²) in [6.07, 6.45) is -0.977.